The van der Waals surface area contributed by atoms with Gasteiger partial charge >= 0.3 is 19.8 Å². The Balaban J connectivity index is 4.23. The van der Waals surface area contributed by atoms with Gasteiger partial charge in [-0.1, -0.05) is 191 Å². The summed E-state index contributed by atoms with van der Waals surface area (Å²) in [5.41, 5.74) is 0. The average molecular weight is 852 g/mol. The van der Waals surface area contributed by atoms with Crippen LogP contribution in [0.25, 0.3) is 0 Å². The molecule has 10 heteroatoms. The number of allylic oxidation sites excluding steroid dienone is 8. The number of rotatable bonds is 44. The van der Waals surface area contributed by atoms with E-state index in [-0.39, 0.29) is 26.1 Å². The molecule has 2 unspecified atom stereocenters. The Morgan fingerprint density at radius 2 is 0.966 bits per heavy atom. The molecule has 0 spiro atoms. The number of unbranched alkanes of at least 4 members (excludes halogenated alkanes) is 22. The first-order chi connectivity index (χ1) is 28.7. The number of likely N-dealkylation sites (N-methyl/N-ethyl adjacent to an activating group) is 1. The zero-order chi connectivity index (χ0) is 43.3. The lowest BCUT2D eigenvalue weighted by Crippen LogP contribution is -2.29. The fourth-order valence-corrected chi connectivity index (χ4v) is 7.24. The highest BCUT2D eigenvalue weighted by Crippen LogP contribution is 2.43. The summed E-state index contributed by atoms with van der Waals surface area (Å²) in [6.07, 6.45) is 50.3. The van der Waals surface area contributed by atoms with Crippen molar-refractivity contribution in [2.45, 2.75) is 213 Å². The molecule has 0 rings (SSSR count). The third-order valence-corrected chi connectivity index (χ3v) is 11.1. The van der Waals surface area contributed by atoms with Crippen LogP contribution in [0.3, 0.4) is 0 Å². The quantitative estimate of drug-likeness (QED) is 0.0277. The summed E-state index contributed by atoms with van der Waals surface area (Å²) in [5, 5.41) is 0. The second-order valence-corrected chi connectivity index (χ2v) is 17.7. The Bertz CT molecular complexity index is 1120. The third kappa shape index (κ3) is 45.3. The van der Waals surface area contributed by atoms with E-state index in [1.54, 1.807) is 0 Å². The first-order valence-electron chi connectivity index (χ1n) is 23.9. The Hall–Kier alpha value is -2.03. The van der Waals surface area contributed by atoms with E-state index in [0.29, 0.717) is 19.4 Å². The van der Waals surface area contributed by atoms with E-state index in [9.17, 15) is 19.0 Å². The van der Waals surface area contributed by atoms with Gasteiger partial charge in [0.15, 0.2) is 6.10 Å². The second kappa shape index (κ2) is 44.0. The molecule has 0 aliphatic heterocycles. The van der Waals surface area contributed by atoms with Gasteiger partial charge in [-0.2, -0.15) is 0 Å². The molecular weight excluding hydrogens is 762 g/mol. The first-order valence-corrected chi connectivity index (χ1v) is 25.4. The zero-order valence-corrected chi connectivity index (χ0v) is 39.3. The van der Waals surface area contributed by atoms with Gasteiger partial charge in [-0.25, -0.2) is 4.57 Å². The maximum absolute atomic E-state index is 12.7. The molecule has 0 aromatic rings. The SMILES string of the molecule is CC/C=C\C/C=C\C/C=C\C/C=C\CCCCC(=O)OCC(COP(=O)(O)OCCN(C)C)OC(=O)CCCCCCCCCCCCCCCCCCCCCCC. The van der Waals surface area contributed by atoms with E-state index in [2.05, 4.69) is 62.5 Å². The molecule has 0 aromatic heterocycles. The van der Waals surface area contributed by atoms with Crippen LogP contribution in [-0.4, -0.2) is 68.3 Å². The highest BCUT2D eigenvalue weighted by Gasteiger charge is 2.26. The number of nitrogens with zero attached hydrogens (tertiary/aromatic N) is 1. The van der Waals surface area contributed by atoms with Crippen molar-refractivity contribution in [1.82, 2.24) is 4.90 Å². The lowest BCUT2D eigenvalue weighted by Gasteiger charge is -2.20. The molecular formula is C49H90NO8P. The number of hydrogen-bond donors (Lipinski definition) is 1. The Morgan fingerprint density at radius 3 is 1.44 bits per heavy atom. The van der Waals surface area contributed by atoms with Crippen LogP contribution in [0.5, 0.6) is 0 Å². The van der Waals surface area contributed by atoms with Crippen LogP contribution < -0.4 is 0 Å². The molecule has 0 heterocycles. The smallest absolute Gasteiger partial charge is 0.462 e. The van der Waals surface area contributed by atoms with E-state index in [0.717, 1.165) is 51.4 Å². The van der Waals surface area contributed by atoms with Crippen molar-refractivity contribution in [2.24, 2.45) is 0 Å². The molecule has 0 saturated carbocycles. The molecule has 0 aliphatic carbocycles. The van der Waals surface area contributed by atoms with E-state index in [4.69, 9.17) is 18.5 Å². The zero-order valence-electron chi connectivity index (χ0n) is 38.4. The maximum atomic E-state index is 12.7. The van der Waals surface area contributed by atoms with Crippen molar-refractivity contribution in [1.29, 1.82) is 0 Å². The maximum Gasteiger partial charge on any atom is 0.472 e. The monoisotopic (exact) mass is 852 g/mol. The molecule has 0 aliphatic rings. The van der Waals surface area contributed by atoms with E-state index in [1.165, 1.54) is 116 Å². The van der Waals surface area contributed by atoms with Crippen LogP contribution in [0.15, 0.2) is 48.6 Å². The van der Waals surface area contributed by atoms with Crippen LogP contribution in [0.1, 0.15) is 206 Å². The fourth-order valence-electron chi connectivity index (χ4n) is 6.50. The Kier molecular flexibility index (Phi) is 42.5. The number of hydrogen-bond acceptors (Lipinski definition) is 8. The molecule has 0 fully saturated rings. The Morgan fingerprint density at radius 1 is 0.542 bits per heavy atom. The summed E-state index contributed by atoms with van der Waals surface area (Å²) >= 11 is 0. The molecule has 0 amide bonds. The molecule has 0 bridgehead atoms. The summed E-state index contributed by atoms with van der Waals surface area (Å²) in [6, 6.07) is 0. The topological polar surface area (TPSA) is 112 Å². The minimum atomic E-state index is -4.37. The van der Waals surface area contributed by atoms with Crippen molar-refractivity contribution < 1.29 is 37.6 Å². The third-order valence-electron chi connectivity index (χ3n) is 10.1. The van der Waals surface area contributed by atoms with E-state index in [1.807, 2.05) is 19.0 Å². The van der Waals surface area contributed by atoms with Crippen molar-refractivity contribution in [3.8, 4) is 0 Å². The van der Waals surface area contributed by atoms with Gasteiger partial charge in [-0.15, -0.1) is 0 Å². The molecule has 344 valence electrons. The minimum Gasteiger partial charge on any atom is -0.462 e. The van der Waals surface area contributed by atoms with Crippen molar-refractivity contribution >= 4 is 19.8 Å². The predicted octanol–water partition coefficient (Wildman–Crippen LogP) is 14.1. The van der Waals surface area contributed by atoms with Crippen molar-refractivity contribution in [3.63, 3.8) is 0 Å². The number of carbonyl (C=O) groups is 2. The summed E-state index contributed by atoms with van der Waals surface area (Å²) < 4.78 is 33.5. The molecule has 59 heavy (non-hydrogen) atoms. The van der Waals surface area contributed by atoms with E-state index >= 15 is 0 Å². The lowest BCUT2D eigenvalue weighted by molar-refractivity contribution is -0.161. The van der Waals surface area contributed by atoms with Gasteiger partial charge in [-0.05, 0) is 65.5 Å². The van der Waals surface area contributed by atoms with Crippen molar-refractivity contribution in [3.05, 3.63) is 48.6 Å². The molecule has 0 saturated heterocycles. The molecule has 1 N–H and O–H groups in total. The lowest BCUT2D eigenvalue weighted by atomic mass is 10.0. The predicted molar refractivity (Wildman–Crippen MR) is 248 cm³/mol. The summed E-state index contributed by atoms with van der Waals surface area (Å²) in [7, 11) is -0.729. The summed E-state index contributed by atoms with van der Waals surface area (Å²) in [6.45, 7) is 4.18. The number of ether oxygens (including phenoxy) is 2. The normalized spacial score (nSPS) is 13.7. The molecule has 2 atom stereocenters. The number of esters is 2. The van der Waals surface area contributed by atoms with Gasteiger partial charge in [-0.3, -0.25) is 18.6 Å². The van der Waals surface area contributed by atoms with E-state index < -0.39 is 32.5 Å². The van der Waals surface area contributed by atoms with Crippen LogP contribution in [0.2, 0.25) is 0 Å². The van der Waals surface area contributed by atoms with Crippen LogP contribution in [0.4, 0.5) is 0 Å². The highest BCUT2D eigenvalue weighted by molar-refractivity contribution is 7.47. The van der Waals surface area contributed by atoms with Gasteiger partial charge in [0.2, 0.25) is 0 Å². The number of phosphoric ester groups is 1. The highest BCUT2D eigenvalue weighted by atomic mass is 31.2. The minimum absolute atomic E-state index is 0.000602. The summed E-state index contributed by atoms with van der Waals surface area (Å²) in [4.78, 5) is 37.1. The largest absolute Gasteiger partial charge is 0.472 e. The standard InChI is InChI=1S/C49H90NO8P/c1-5-7-9-11-13-15-17-19-21-22-23-24-25-26-28-30-32-34-36-38-40-42-49(52)58-47(46-57-59(53,54)56-44-43-50(3)4)45-55-48(51)41-39-37-35-33-31-29-27-20-18-16-14-12-10-8-6-2/h8,10,14,16,20,27,31,33,47H,5-7,9,11-13,15,17-19,21-26,28-30,32,34-46H2,1-4H3,(H,53,54)/b10-8-,16-14-,27-20-,33-31-. The van der Waals surface area contributed by atoms with Gasteiger partial charge in [0.05, 0.1) is 13.2 Å². The second-order valence-electron chi connectivity index (χ2n) is 16.3. The Labute approximate surface area is 362 Å². The van der Waals surface area contributed by atoms with Gasteiger partial charge in [0.25, 0.3) is 0 Å². The van der Waals surface area contributed by atoms with Gasteiger partial charge in [0.1, 0.15) is 6.61 Å². The van der Waals surface area contributed by atoms with Gasteiger partial charge < -0.3 is 19.3 Å². The molecule has 0 aromatic carbocycles. The summed E-state index contributed by atoms with van der Waals surface area (Å²) in [5.74, 6) is -0.846. The van der Waals surface area contributed by atoms with Crippen LogP contribution in [0, 0.1) is 0 Å². The van der Waals surface area contributed by atoms with Gasteiger partial charge in [0, 0.05) is 19.4 Å². The fraction of sp³-hybridized carbons (Fsp3) is 0.796. The van der Waals surface area contributed by atoms with Crippen LogP contribution in [-0.2, 0) is 32.7 Å². The average Bonchev–Trinajstić information content (AvgIpc) is 3.20. The van der Waals surface area contributed by atoms with Crippen LogP contribution >= 0.6 is 7.82 Å². The number of carbonyl (C=O) groups excluding carboxylic acids is 2. The number of phosphoric acid groups is 1. The molecule has 9 nitrogen and oxygen atoms in total. The molecule has 0 radical (unpaired) electrons. The van der Waals surface area contributed by atoms with Crippen molar-refractivity contribution in [2.75, 3.05) is 40.5 Å². The first kappa shape index (κ1) is 57.0.